The van der Waals surface area contributed by atoms with Crippen molar-refractivity contribution in [2.75, 3.05) is 5.73 Å². The zero-order valence-corrected chi connectivity index (χ0v) is 8.73. The zero-order valence-electron chi connectivity index (χ0n) is 8.73. The number of benzene rings is 1. The molecular formula is C10H14N2O3. The van der Waals surface area contributed by atoms with Crippen LogP contribution < -0.4 is 5.73 Å². The third-order valence-electron chi connectivity index (χ3n) is 2.51. The normalized spacial score (nSPS) is 12.4. The van der Waals surface area contributed by atoms with E-state index < -0.39 is 4.92 Å². The summed E-state index contributed by atoms with van der Waals surface area (Å²) in [6.45, 7) is 3.83. The molecule has 1 unspecified atom stereocenters. The van der Waals surface area contributed by atoms with Crippen LogP contribution in [0.2, 0.25) is 0 Å². The molecule has 0 aliphatic carbocycles. The van der Waals surface area contributed by atoms with Gasteiger partial charge in [0.15, 0.2) is 0 Å². The number of aromatic hydroxyl groups is 1. The number of hydrogen-bond acceptors (Lipinski definition) is 4. The van der Waals surface area contributed by atoms with Crippen LogP contribution in [0.1, 0.15) is 31.7 Å². The Labute approximate surface area is 87.7 Å². The molecule has 0 radical (unpaired) electrons. The third-order valence-corrected chi connectivity index (χ3v) is 2.51. The van der Waals surface area contributed by atoms with Crippen LogP contribution in [-0.4, -0.2) is 10.0 Å². The predicted molar refractivity (Wildman–Crippen MR) is 57.9 cm³/mol. The van der Waals surface area contributed by atoms with E-state index in [1.54, 1.807) is 0 Å². The van der Waals surface area contributed by atoms with Crippen molar-refractivity contribution in [1.82, 2.24) is 0 Å². The van der Waals surface area contributed by atoms with Crippen molar-refractivity contribution in [1.29, 1.82) is 0 Å². The Morgan fingerprint density at radius 2 is 2.20 bits per heavy atom. The van der Waals surface area contributed by atoms with Gasteiger partial charge in [-0.05, 0) is 12.3 Å². The summed E-state index contributed by atoms with van der Waals surface area (Å²) in [7, 11) is 0. The Morgan fingerprint density at radius 1 is 1.60 bits per heavy atom. The number of phenols is 1. The maximum Gasteiger partial charge on any atom is 0.272 e. The number of nitro benzene ring substituents is 1. The number of nitrogens with zero attached hydrogens (tertiary/aromatic N) is 1. The molecule has 15 heavy (non-hydrogen) atoms. The van der Waals surface area contributed by atoms with E-state index in [1.807, 2.05) is 13.8 Å². The van der Waals surface area contributed by atoms with E-state index >= 15 is 0 Å². The Balaban J connectivity index is 3.31. The second kappa shape index (κ2) is 4.16. The molecule has 1 rings (SSSR count). The number of nitro groups is 1. The molecule has 3 N–H and O–H groups in total. The fourth-order valence-electron chi connectivity index (χ4n) is 1.36. The van der Waals surface area contributed by atoms with Gasteiger partial charge in [0.05, 0.1) is 10.6 Å². The number of rotatable bonds is 3. The molecule has 0 saturated carbocycles. The molecule has 0 aromatic heterocycles. The Morgan fingerprint density at radius 3 is 2.67 bits per heavy atom. The number of hydrogen-bond donors (Lipinski definition) is 2. The minimum Gasteiger partial charge on any atom is -0.505 e. The second-order valence-electron chi connectivity index (χ2n) is 3.54. The van der Waals surface area contributed by atoms with Crippen LogP contribution in [-0.2, 0) is 0 Å². The summed E-state index contributed by atoms with van der Waals surface area (Å²) in [4.78, 5) is 10.1. The number of nitrogens with two attached hydrogens (primary N) is 1. The monoisotopic (exact) mass is 210 g/mol. The fourth-order valence-corrected chi connectivity index (χ4v) is 1.36. The van der Waals surface area contributed by atoms with E-state index in [9.17, 15) is 15.2 Å². The van der Waals surface area contributed by atoms with Crippen LogP contribution in [0.4, 0.5) is 11.4 Å². The molecule has 0 heterocycles. The zero-order chi connectivity index (χ0) is 11.6. The first-order chi connectivity index (χ1) is 6.97. The maximum absolute atomic E-state index is 10.6. The van der Waals surface area contributed by atoms with Gasteiger partial charge in [-0.25, -0.2) is 0 Å². The molecule has 0 saturated heterocycles. The van der Waals surface area contributed by atoms with Crippen LogP contribution in [0.5, 0.6) is 5.75 Å². The van der Waals surface area contributed by atoms with Gasteiger partial charge in [-0.3, -0.25) is 10.1 Å². The Kier molecular flexibility index (Phi) is 3.14. The topological polar surface area (TPSA) is 89.4 Å². The highest BCUT2D eigenvalue weighted by Gasteiger charge is 2.17. The minimum absolute atomic E-state index is 0.0463. The lowest BCUT2D eigenvalue weighted by molar-refractivity contribution is -0.384. The smallest absolute Gasteiger partial charge is 0.272 e. The molecule has 0 bridgehead atoms. The highest BCUT2D eigenvalue weighted by atomic mass is 16.6. The van der Waals surface area contributed by atoms with Crippen molar-refractivity contribution in [2.24, 2.45) is 0 Å². The SMILES string of the molecule is CCC(C)c1cc([N+](=O)[O-])cc(N)c1O. The minimum atomic E-state index is -0.512. The van der Waals surface area contributed by atoms with E-state index in [0.29, 0.717) is 5.56 Å². The molecule has 82 valence electrons. The van der Waals surface area contributed by atoms with Gasteiger partial charge < -0.3 is 10.8 Å². The molecule has 0 aliphatic heterocycles. The summed E-state index contributed by atoms with van der Waals surface area (Å²) in [6.07, 6.45) is 0.786. The first-order valence-electron chi connectivity index (χ1n) is 4.74. The molecule has 0 fully saturated rings. The van der Waals surface area contributed by atoms with Crippen molar-refractivity contribution < 1.29 is 10.0 Å². The van der Waals surface area contributed by atoms with E-state index in [0.717, 1.165) is 6.42 Å². The Hall–Kier alpha value is -1.78. The molecule has 0 aliphatic rings. The van der Waals surface area contributed by atoms with Crippen molar-refractivity contribution in [2.45, 2.75) is 26.2 Å². The number of nitrogen functional groups attached to an aromatic ring is 1. The van der Waals surface area contributed by atoms with Crippen molar-refractivity contribution in [3.05, 3.63) is 27.8 Å². The van der Waals surface area contributed by atoms with Crippen molar-refractivity contribution in [3.63, 3.8) is 0 Å². The number of non-ortho nitro benzene ring substituents is 1. The van der Waals surface area contributed by atoms with Gasteiger partial charge in [-0.1, -0.05) is 13.8 Å². The molecule has 1 atom stereocenters. The number of anilines is 1. The second-order valence-corrected chi connectivity index (χ2v) is 3.54. The predicted octanol–water partition coefficient (Wildman–Crippen LogP) is 2.40. The van der Waals surface area contributed by atoms with E-state index in [1.165, 1.54) is 12.1 Å². The third kappa shape index (κ3) is 2.18. The molecule has 5 heteroatoms. The summed E-state index contributed by atoms with van der Waals surface area (Å²) in [5.74, 6) is 0.00199. The van der Waals surface area contributed by atoms with Gasteiger partial charge in [0.2, 0.25) is 0 Å². The van der Waals surface area contributed by atoms with E-state index in [4.69, 9.17) is 5.73 Å². The van der Waals surface area contributed by atoms with Crippen molar-refractivity contribution >= 4 is 11.4 Å². The fraction of sp³-hybridized carbons (Fsp3) is 0.400. The molecule has 1 aromatic carbocycles. The Bertz CT molecular complexity index is 390. The molecule has 5 nitrogen and oxygen atoms in total. The molecular weight excluding hydrogens is 196 g/mol. The van der Waals surface area contributed by atoms with Gasteiger partial charge in [-0.2, -0.15) is 0 Å². The maximum atomic E-state index is 10.6. The van der Waals surface area contributed by atoms with E-state index in [-0.39, 0.29) is 23.0 Å². The summed E-state index contributed by atoms with van der Waals surface area (Å²) in [5, 5.41) is 20.3. The summed E-state index contributed by atoms with van der Waals surface area (Å²) in [5.41, 5.74) is 6.00. The first kappa shape index (κ1) is 11.3. The van der Waals surface area contributed by atoms with Crippen LogP contribution in [0.15, 0.2) is 12.1 Å². The van der Waals surface area contributed by atoms with Gasteiger partial charge in [-0.15, -0.1) is 0 Å². The number of phenolic OH excluding ortho intramolecular Hbond substituents is 1. The largest absolute Gasteiger partial charge is 0.505 e. The van der Waals surface area contributed by atoms with Gasteiger partial charge in [0.1, 0.15) is 5.75 Å². The van der Waals surface area contributed by atoms with Crippen LogP contribution in [0.25, 0.3) is 0 Å². The van der Waals surface area contributed by atoms with Gasteiger partial charge in [0, 0.05) is 17.7 Å². The standard InChI is InChI=1S/C10H14N2O3/c1-3-6(2)8-4-7(12(14)15)5-9(11)10(8)13/h4-6,13H,3,11H2,1-2H3. The van der Waals surface area contributed by atoms with E-state index in [2.05, 4.69) is 0 Å². The van der Waals surface area contributed by atoms with Crippen molar-refractivity contribution in [3.8, 4) is 5.75 Å². The summed E-state index contributed by atoms with van der Waals surface area (Å²) < 4.78 is 0. The molecule has 0 amide bonds. The highest BCUT2D eigenvalue weighted by Crippen LogP contribution is 2.36. The average molecular weight is 210 g/mol. The average Bonchev–Trinajstić information content (AvgIpc) is 2.20. The summed E-state index contributed by atoms with van der Waals surface area (Å²) in [6, 6.07) is 2.54. The lowest BCUT2D eigenvalue weighted by atomic mass is 9.96. The van der Waals surface area contributed by atoms with Crippen LogP contribution >= 0.6 is 0 Å². The van der Waals surface area contributed by atoms with Gasteiger partial charge in [0.25, 0.3) is 5.69 Å². The molecule has 1 aromatic rings. The quantitative estimate of drug-likeness (QED) is 0.347. The molecule has 0 spiro atoms. The lowest BCUT2D eigenvalue weighted by Gasteiger charge is -2.12. The van der Waals surface area contributed by atoms with Crippen LogP contribution in [0, 0.1) is 10.1 Å². The highest BCUT2D eigenvalue weighted by molar-refractivity contribution is 5.62. The summed E-state index contributed by atoms with van der Waals surface area (Å²) >= 11 is 0. The van der Waals surface area contributed by atoms with Crippen LogP contribution in [0.3, 0.4) is 0 Å². The van der Waals surface area contributed by atoms with Gasteiger partial charge >= 0.3 is 0 Å². The lowest BCUT2D eigenvalue weighted by Crippen LogP contribution is -1.99. The first-order valence-corrected chi connectivity index (χ1v) is 4.74.